The molecule has 0 radical (unpaired) electrons. The summed E-state index contributed by atoms with van der Waals surface area (Å²) in [7, 11) is -1.44. The standard InChI is InChI=1S/C26H45ClO2S/c1-5-6-7-8-9-10-11-14-21-26(27,25(28)16-13-12-15-22(2)3)30(29)24-19-17-23(4)18-20-24/h17-20,22,25,28H,5-16,21H2,1-4H3/t25-,26-,30?/m0/s1. The molecule has 4 heteroatoms. The molecule has 30 heavy (non-hydrogen) atoms. The Hall–Kier alpha value is -0.380. The van der Waals surface area contributed by atoms with Crippen LogP contribution in [0, 0.1) is 12.8 Å². The lowest BCUT2D eigenvalue weighted by molar-refractivity contribution is 0.137. The van der Waals surface area contributed by atoms with Crippen LogP contribution in [0.5, 0.6) is 0 Å². The van der Waals surface area contributed by atoms with Gasteiger partial charge in [-0.15, -0.1) is 11.6 Å². The van der Waals surface area contributed by atoms with Crippen LogP contribution in [-0.4, -0.2) is 19.6 Å². The molecule has 0 aliphatic rings. The van der Waals surface area contributed by atoms with Crippen LogP contribution in [0.2, 0.25) is 0 Å². The van der Waals surface area contributed by atoms with Crippen molar-refractivity contribution in [1.29, 1.82) is 0 Å². The second-order valence-corrected chi connectivity index (χ2v) is 11.9. The van der Waals surface area contributed by atoms with Crippen LogP contribution in [0.3, 0.4) is 0 Å². The zero-order valence-electron chi connectivity index (χ0n) is 19.8. The number of aryl methyl sites for hydroxylation is 1. The first-order valence-corrected chi connectivity index (χ1v) is 13.7. The summed E-state index contributed by atoms with van der Waals surface area (Å²) in [5.41, 5.74) is 1.13. The molecule has 3 atom stereocenters. The molecule has 0 bridgehead atoms. The van der Waals surface area contributed by atoms with E-state index in [4.69, 9.17) is 11.6 Å². The van der Waals surface area contributed by atoms with Gasteiger partial charge in [0.05, 0.1) is 16.9 Å². The average molecular weight is 457 g/mol. The maximum atomic E-state index is 13.4. The number of unbranched alkanes of at least 4 members (excludes halogenated alkanes) is 8. The van der Waals surface area contributed by atoms with Gasteiger partial charge in [-0.3, -0.25) is 4.21 Å². The number of rotatable bonds is 17. The lowest BCUT2D eigenvalue weighted by Gasteiger charge is -2.32. The second-order valence-electron chi connectivity index (χ2n) is 9.29. The predicted octanol–water partition coefficient (Wildman–Crippen LogP) is 8.15. The minimum Gasteiger partial charge on any atom is -0.390 e. The number of hydrogen-bond acceptors (Lipinski definition) is 2. The molecule has 0 saturated heterocycles. The van der Waals surface area contributed by atoms with Crippen molar-refractivity contribution in [2.45, 2.75) is 126 Å². The maximum Gasteiger partial charge on any atom is 0.149 e. The number of hydrogen-bond donors (Lipinski definition) is 1. The molecule has 0 saturated carbocycles. The molecule has 1 aromatic carbocycles. The zero-order valence-corrected chi connectivity index (χ0v) is 21.4. The summed E-state index contributed by atoms with van der Waals surface area (Å²) >= 11 is 6.99. The van der Waals surface area contributed by atoms with Crippen LogP contribution >= 0.6 is 11.6 Å². The van der Waals surface area contributed by atoms with Gasteiger partial charge in [0.15, 0.2) is 0 Å². The summed E-state index contributed by atoms with van der Waals surface area (Å²) in [6, 6.07) is 7.72. The SMILES string of the molecule is CCCCCCCCCC[C@@](Cl)([C@@H](O)CCCCC(C)C)S(=O)c1ccc(C)cc1. The van der Waals surface area contributed by atoms with Crippen molar-refractivity contribution < 1.29 is 9.32 Å². The number of aliphatic hydroxyl groups is 1. The van der Waals surface area contributed by atoms with Gasteiger partial charge in [0.25, 0.3) is 0 Å². The van der Waals surface area contributed by atoms with Crippen LogP contribution < -0.4 is 0 Å². The van der Waals surface area contributed by atoms with Gasteiger partial charge in [0, 0.05) is 4.90 Å². The lowest BCUT2D eigenvalue weighted by atomic mass is 9.99. The van der Waals surface area contributed by atoms with Crippen molar-refractivity contribution in [3.63, 3.8) is 0 Å². The molecule has 1 rings (SSSR count). The fourth-order valence-electron chi connectivity index (χ4n) is 3.85. The number of halogens is 1. The number of alkyl halides is 1. The minimum atomic E-state index is -1.44. The molecule has 0 heterocycles. The Bertz CT molecular complexity index is 587. The fraction of sp³-hybridized carbons (Fsp3) is 0.769. The van der Waals surface area contributed by atoms with Gasteiger partial charge in [0.1, 0.15) is 4.21 Å². The van der Waals surface area contributed by atoms with E-state index in [0.29, 0.717) is 18.8 Å². The van der Waals surface area contributed by atoms with E-state index < -0.39 is 21.1 Å². The third-order valence-corrected chi connectivity index (χ3v) is 8.58. The van der Waals surface area contributed by atoms with Crippen LogP contribution in [0.4, 0.5) is 0 Å². The van der Waals surface area contributed by atoms with E-state index in [1.807, 2.05) is 31.2 Å². The highest BCUT2D eigenvalue weighted by Crippen LogP contribution is 2.37. The highest BCUT2D eigenvalue weighted by Gasteiger charge is 2.41. The molecule has 0 amide bonds. The van der Waals surface area contributed by atoms with Gasteiger partial charge in [-0.1, -0.05) is 109 Å². The summed E-state index contributed by atoms with van der Waals surface area (Å²) in [5.74, 6) is 0.668. The Labute approximate surface area is 193 Å². The maximum absolute atomic E-state index is 13.4. The van der Waals surface area contributed by atoms with Crippen LogP contribution in [-0.2, 0) is 10.8 Å². The Balaban J connectivity index is 2.67. The van der Waals surface area contributed by atoms with E-state index in [1.165, 1.54) is 38.5 Å². The van der Waals surface area contributed by atoms with Gasteiger partial charge in [-0.25, -0.2) is 0 Å². The monoisotopic (exact) mass is 456 g/mol. The Kier molecular flexibility index (Phi) is 14.2. The molecule has 1 unspecified atom stereocenters. The zero-order chi connectivity index (χ0) is 22.4. The fourth-order valence-corrected chi connectivity index (χ4v) is 5.83. The smallest absolute Gasteiger partial charge is 0.149 e. The Morgan fingerprint density at radius 1 is 0.900 bits per heavy atom. The average Bonchev–Trinajstić information content (AvgIpc) is 2.72. The van der Waals surface area contributed by atoms with Crippen LogP contribution in [0.1, 0.15) is 110 Å². The van der Waals surface area contributed by atoms with Crippen molar-refractivity contribution >= 4 is 22.4 Å². The Morgan fingerprint density at radius 3 is 2.00 bits per heavy atom. The summed E-state index contributed by atoms with van der Waals surface area (Å²) in [5, 5.41) is 11.0. The molecule has 0 aliphatic heterocycles. The largest absolute Gasteiger partial charge is 0.390 e. The normalized spacial score (nSPS) is 15.8. The minimum absolute atomic E-state index is 0.593. The van der Waals surface area contributed by atoms with E-state index in [9.17, 15) is 9.32 Å². The van der Waals surface area contributed by atoms with E-state index in [-0.39, 0.29) is 0 Å². The first kappa shape index (κ1) is 27.7. The molecule has 0 aromatic heterocycles. The molecule has 1 aromatic rings. The summed E-state index contributed by atoms with van der Waals surface area (Å²) in [6.07, 6.45) is 13.3. The highest BCUT2D eigenvalue weighted by atomic mass is 35.5. The number of aliphatic hydroxyl groups excluding tert-OH is 1. The van der Waals surface area contributed by atoms with Gasteiger partial charge in [0.2, 0.25) is 0 Å². The van der Waals surface area contributed by atoms with Crippen molar-refractivity contribution in [3.05, 3.63) is 29.8 Å². The third-order valence-electron chi connectivity index (χ3n) is 5.92. The number of benzene rings is 1. The molecule has 2 nitrogen and oxygen atoms in total. The highest BCUT2D eigenvalue weighted by molar-refractivity contribution is 7.88. The molecule has 1 N–H and O–H groups in total. The van der Waals surface area contributed by atoms with Crippen LogP contribution in [0.25, 0.3) is 0 Å². The molecule has 0 fully saturated rings. The van der Waals surface area contributed by atoms with Gasteiger partial charge in [-0.05, 0) is 37.8 Å². The van der Waals surface area contributed by atoms with E-state index >= 15 is 0 Å². The molecule has 0 aliphatic carbocycles. The van der Waals surface area contributed by atoms with E-state index in [1.54, 1.807) is 0 Å². The van der Waals surface area contributed by atoms with Crippen LogP contribution in [0.15, 0.2) is 29.2 Å². The second kappa shape index (κ2) is 15.4. The van der Waals surface area contributed by atoms with Gasteiger partial charge in [-0.2, -0.15) is 0 Å². The van der Waals surface area contributed by atoms with Crippen molar-refractivity contribution in [3.8, 4) is 0 Å². The molecule has 0 spiro atoms. The molecular formula is C26H45ClO2S. The predicted molar refractivity (Wildman–Crippen MR) is 133 cm³/mol. The summed E-state index contributed by atoms with van der Waals surface area (Å²) in [4.78, 5) is 0.719. The van der Waals surface area contributed by atoms with Crippen molar-refractivity contribution in [2.75, 3.05) is 0 Å². The van der Waals surface area contributed by atoms with E-state index in [2.05, 4.69) is 20.8 Å². The van der Waals surface area contributed by atoms with Gasteiger partial charge < -0.3 is 5.11 Å². The topological polar surface area (TPSA) is 37.3 Å². The Morgan fingerprint density at radius 2 is 1.43 bits per heavy atom. The third kappa shape index (κ3) is 10.3. The quantitative estimate of drug-likeness (QED) is 0.189. The van der Waals surface area contributed by atoms with Gasteiger partial charge >= 0.3 is 0 Å². The molecular weight excluding hydrogens is 412 g/mol. The summed E-state index contributed by atoms with van der Waals surface area (Å²) in [6.45, 7) is 8.70. The van der Waals surface area contributed by atoms with Crippen molar-refractivity contribution in [1.82, 2.24) is 0 Å². The first-order chi connectivity index (χ1) is 14.3. The van der Waals surface area contributed by atoms with E-state index in [0.717, 1.165) is 42.6 Å². The van der Waals surface area contributed by atoms with Crippen molar-refractivity contribution in [2.24, 2.45) is 5.92 Å². The first-order valence-electron chi connectivity index (χ1n) is 12.2. The lowest BCUT2D eigenvalue weighted by Crippen LogP contribution is -2.41. The molecule has 174 valence electrons. The summed E-state index contributed by atoms with van der Waals surface area (Å²) < 4.78 is 12.3.